The molecule has 2 aromatic rings. The molecule has 2 rings (SSSR count). The highest BCUT2D eigenvalue weighted by molar-refractivity contribution is 5.56. The van der Waals surface area contributed by atoms with Gasteiger partial charge in [0, 0.05) is 12.0 Å². The summed E-state index contributed by atoms with van der Waals surface area (Å²) in [7, 11) is 0. The van der Waals surface area contributed by atoms with Gasteiger partial charge in [-0.05, 0) is 5.56 Å². The molecule has 0 aliphatic carbocycles. The van der Waals surface area contributed by atoms with Crippen molar-refractivity contribution in [3.05, 3.63) is 54.5 Å². The predicted molar refractivity (Wildman–Crippen MR) is 57.5 cm³/mol. The van der Waals surface area contributed by atoms with E-state index in [0.717, 1.165) is 11.1 Å². The van der Waals surface area contributed by atoms with Crippen LogP contribution in [0.25, 0.3) is 11.3 Å². The highest BCUT2D eigenvalue weighted by Crippen LogP contribution is 2.19. The van der Waals surface area contributed by atoms with Crippen molar-refractivity contribution in [2.75, 3.05) is 0 Å². The molecule has 82 valence electrons. The lowest BCUT2D eigenvalue weighted by molar-refractivity contribution is 0.435. The van der Waals surface area contributed by atoms with Crippen molar-refractivity contribution in [2.24, 2.45) is 0 Å². The van der Waals surface area contributed by atoms with Crippen LogP contribution in [0.1, 0.15) is 5.56 Å². The molecule has 1 aromatic heterocycles. The van der Waals surface area contributed by atoms with Crippen LogP contribution >= 0.6 is 0 Å². The van der Waals surface area contributed by atoms with Gasteiger partial charge in [-0.2, -0.15) is 0 Å². The van der Waals surface area contributed by atoms with Crippen LogP contribution < -0.4 is 0 Å². The summed E-state index contributed by atoms with van der Waals surface area (Å²) < 4.78 is 17.9. The number of nitrogens with zero attached hydrogens (tertiary/aromatic N) is 1. The maximum atomic E-state index is 12.8. The molecule has 0 saturated carbocycles. The number of allylic oxidation sites excluding steroid dienone is 1. The van der Waals surface area contributed by atoms with Crippen molar-refractivity contribution in [2.45, 2.75) is 6.42 Å². The fourth-order valence-electron chi connectivity index (χ4n) is 1.39. The van der Waals surface area contributed by atoms with E-state index in [0.29, 0.717) is 12.0 Å². The van der Waals surface area contributed by atoms with Crippen molar-refractivity contribution in [3.8, 4) is 11.3 Å². The number of halogens is 1. The van der Waals surface area contributed by atoms with Crippen LogP contribution in [-0.2, 0) is 6.42 Å². The van der Waals surface area contributed by atoms with Crippen LogP contribution in [0.15, 0.2) is 53.4 Å². The van der Waals surface area contributed by atoms with E-state index in [4.69, 9.17) is 9.52 Å². The van der Waals surface area contributed by atoms with E-state index in [1.165, 1.54) is 6.39 Å². The first-order valence-corrected chi connectivity index (χ1v) is 4.76. The molecule has 1 heterocycles. The number of aliphatic hydroxyl groups is 1. The Morgan fingerprint density at radius 1 is 1.38 bits per heavy atom. The topological polar surface area (TPSA) is 46.3 Å². The van der Waals surface area contributed by atoms with Gasteiger partial charge < -0.3 is 9.52 Å². The molecule has 0 aliphatic heterocycles. The van der Waals surface area contributed by atoms with E-state index in [-0.39, 0.29) is 6.42 Å². The maximum Gasteiger partial charge on any atom is 0.181 e. The summed E-state index contributed by atoms with van der Waals surface area (Å²) in [4.78, 5) is 3.81. The van der Waals surface area contributed by atoms with Crippen molar-refractivity contribution in [3.63, 3.8) is 0 Å². The van der Waals surface area contributed by atoms with Gasteiger partial charge in [0.2, 0.25) is 0 Å². The van der Waals surface area contributed by atoms with Crippen LogP contribution in [0, 0.1) is 0 Å². The van der Waals surface area contributed by atoms with Crippen LogP contribution in [0.4, 0.5) is 4.39 Å². The number of benzene rings is 1. The molecule has 0 saturated heterocycles. The Morgan fingerprint density at radius 3 is 2.69 bits per heavy atom. The van der Waals surface area contributed by atoms with Gasteiger partial charge in [0.1, 0.15) is 12.1 Å². The largest absolute Gasteiger partial charge is 0.513 e. The molecule has 0 unspecified atom stereocenters. The number of oxazole rings is 1. The molecule has 16 heavy (non-hydrogen) atoms. The molecule has 4 heteroatoms. The van der Waals surface area contributed by atoms with Crippen molar-refractivity contribution in [1.82, 2.24) is 4.98 Å². The Morgan fingerprint density at radius 2 is 2.12 bits per heavy atom. The second-order valence-electron chi connectivity index (χ2n) is 3.32. The number of hydrogen-bond acceptors (Lipinski definition) is 3. The summed E-state index contributed by atoms with van der Waals surface area (Å²) in [6.45, 7) is 0. The SMILES string of the molecule is O/C=C(\F)Cc1ccc(-c2cnco2)cc1. The number of aliphatic hydroxyl groups excluding tert-OH is 1. The smallest absolute Gasteiger partial charge is 0.181 e. The second-order valence-corrected chi connectivity index (χ2v) is 3.32. The van der Waals surface area contributed by atoms with E-state index in [9.17, 15) is 4.39 Å². The fourth-order valence-corrected chi connectivity index (χ4v) is 1.39. The minimum Gasteiger partial charge on any atom is -0.513 e. The molecule has 0 bridgehead atoms. The monoisotopic (exact) mass is 219 g/mol. The molecular formula is C12H10FNO2. The first-order valence-electron chi connectivity index (χ1n) is 4.76. The van der Waals surface area contributed by atoms with Gasteiger partial charge in [-0.15, -0.1) is 0 Å². The standard InChI is InChI=1S/C12H10FNO2/c13-11(7-15)5-9-1-3-10(4-2-9)12-6-14-8-16-12/h1-4,6-8,15H,5H2/b11-7-. The van der Waals surface area contributed by atoms with Crippen molar-refractivity contribution >= 4 is 0 Å². The first-order chi connectivity index (χ1) is 7.79. The molecule has 3 nitrogen and oxygen atoms in total. The van der Waals surface area contributed by atoms with E-state index in [2.05, 4.69) is 4.98 Å². The third-order valence-electron chi connectivity index (χ3n) is 2.18. The number of aromatic nitrogens is 1. The zero-order valence-electron chi connectivity index (χ0n) is 8.43. The van der Waals surface area contributed by atoms with Gasteiger partial charge in [0.05, 0.1) is 6.20 Å². The average molecular weight is 219 g/mol. The van der Waals surface area contributed by atoms with Gasteiger partial charge in [0.25, 0.3) is 0 Å². The van der Waals surface area contributed by atoms with E-state index < -0.39 is 5.83 Å². The fraction of sp³-hybridized carbons (Fsp3) is 0.0833. The number of rotatable bonds is 3. The molecule has 0 radical (unpaired) electrons. The molecular weight excluding hydrogens is 209 g/mol. The lowest BCUT2D eigenvalue weighted by Gasteiger charge is -2.00. The zero-order valence-corrected chi connectivity index (χ0v) is 8.43. The zero-order chi connectivity index (χ0) is 11.4. The minimum atomic E-state index is -0.563. The van der Waals surface area contributed by atoms with Gasteiger partial charge in [-0.3, -0.25) is 0 Å². The van der Waals surface area contributed by atoms with Crippen LogP contribution in [0.3, 0.4) is 0 Å². The first kappa shape index (κ1) is 10.4. The quantitative estimate of drug-likeness (QED) is 0.806. The summed E-state index contributed by atoms with van der Waals surface area (Å²) in [6, 6.07) is 7.20. The predicted octanol–water partition coefficient (Wildman–Crippen LogP) is 3.25. The second kappa shape index (κ2) is 4.61. The van der Waals surface area contributed by atoms with Gasteiger partial charge >= 0.3 is 0 Å². The Hall–Kier alpha value is -2.10. The Balaban J connectivity index is 2.17. The lowest BCUT2D eigenvalue weighted by atomic mass is 10.1. The highest BCUT2D eigenvalue weighted by atomic mass is 19.1. The summed E-state index contributed by atoms with van der Waals surface area (Å²) in [6.07, 6.45) is 3.54. The summed E-state index contributed by atoms with van der Waals surface area (Å²) in [5, 5.41) is 8.44. The maximum absolute atomic E-state index is 12.8. The minimum absolute atomic E-state index is 0.0905. The highest BCUT2D eigenvalue weighted by Gasteiger charge is 2.02. The van der Waals surface area contributed by atoms with E-state index in [1.54, 1.807) is 18.3 Å². The Kier molecular flexibility index (Phi) is 3.00. The lowest BCUT2D eigenvalue weighted by Crippen LogP contribution is -1.85. The number of hydrogen-bond donors (Lipinski definition) is 1. The third-order valence-corrected chi connectivity index (χ3v) is 2.18. The van der Waals surface area contributed by atoms with Crippen LogP contribution in [-0.4, -0.2) is 10.1 Å². The van der Waals surface area contributed by atoms with E-state index in [1.807, 2.05) is 12.1 Å². The molecule has 0 fully saturated rings. The Labute approximate surface area is 91.9 Å². The normalized spacial score (nSPS) is 11.7. The Bertz CT molecular complexity index is 474. The van der Waals surface area contributed by atoms with Crippen molar-refractivity contribution < 1.29 is 13.9 Å². The molecule has 0 aliphatic rings. The molecule has 0 amide bonds. The van der Waals surface area contributed by atoms with Gasteiger partial charge in [0.15, 0.2) is 12.2 Å². The molecule has 0 atom stereocenters. The molecule has 1 aromatic carbocycles. The average Bonchev–Trinajstić information content (AvgIpc) is 2.83. The third kappa shape index (κ3) is 2.28. The van der Waals surface area contributed by atoms with E-state index >= 15 is 0 Å². The van der Waals surface area contributed by atoms with Gasteiger partial charge in [-0.1, -0.05) is 24.3 Å². The molecule has 1 N–H and O–H groups in total. The summed E-state index contributed by atoms with van der Waals surface area (Å²) in [5.41, 5.74) is 1.67. The molecule has 0 spiro atoms. The van der Waals surface area contributed by atoms with Gasteiger partial charge in [-0.25, -0.2) is 9.37 Å². The van der Waals surface area contributed by atoms with Crippen LogP contribution in [0.5, 0.6) is 0 Å². The summed E-state index contributed by atoms with van der Waals surface area (Å²) in [5.74, 6) is 0.108. The summed E-state index contributed by atoms with van der Waals surface area (Å²) >= 11 is 0. The van der Waals surface area contributed by atoms with Crippen molar-refractivity contribution in [1.29, 1.82) is 0 Å². The van der Waals surface area contributed by atoms with Crippen LogP contribution in [0.2, 0.25) is 0 Å².